The topological polar surface area (TPSA) is 72.6 Å². The monoisotopic (exact) mass is 268 g/mol. The van der Waals surface area contributed by atoms with E-state index >= 15 is 0 Å². The molecule has 18 heavy (non-hydrogen) atoms. The molecule has 1 rings (SSSR count). The number of terminal acetylenes is 1. The van der Waals surface area contributed by atoms with E-state index in [1.165, 1.54) is 29.6 Å². The average molecular weight is 268 g/mol. The van der Waals surface area contributed by atoms with Crippen molar-refractivity contribution in [2.75, 3.05) is 25.9 Å². The highest BCUT2D eigenvalue weighted by atomic mass is 32.2. The fourth-order valence-corrected chi connectivity index (χ4v) is 3.00. The quantitative estimate of drug-likeness (QED) is 0.636. The Morgan fingerprint density at radius 2 is 2.17 bits per heavy atom. The molecule has 0 aliphatic heterocycles. The summed E-state index contributed by atoms with van der Waals surface area (Å²) in [6, 6.07) is 4.40. The molecule has 0 aliphatic carbocycles. The smallest absolute Gasteiger partial charge is 0.247 e. The van der Waals surface area contributed by atoms with Gasteiger partial charge in [-0.15, -0.1) is 6.42 Å². The maximum absolute atomic E-state index is 12.4. The lowest BCUT2D eigenvalue weighted by atomic mass is 10.3. The maximum atomic E-state index is 12.4. The Hall–Kier alpha value is -1.71. The molecule has 0 fully saturated rings. The molecular weight excluding hydrogens is 252 g/mol. The predicted molar refractivity (Wildman–Crippen MR) is 70.7 cm³/mol. The summed E-state index contributed by atoms with van der Waals surface area (Å²) in [7, 11) is -2.27. The zero-order chi connectivity index (χ0) is 13.8. The van der Waals surface area contributed by atoms with Gasteiger partial charge in [0.05, 0.1) is 13.7 Å². The van der Waals surface area contributed by atoms with Crippen LogP contribution in [0, 0.1) is 12.3 Å². The maximum Gasteiger partial charge on any atom is 0.247 e. The normalized spacial score (nSPS) is 11.2. The lowest BCUT2D eigenvalue weighted by molar-refractivity contribution is 0.397. The Balaban J connectivity index is 3.32. The van der Waals surface area contributed by atoms with Crippen LogP contribution in [-0.2, 0) is 10.0 Å². The van der Waals surface area contributed by atoms with Crippen molar-refractivity contribution in [2.24, 2.45) is 0 Å². The minimum Gasteiger partial charge on any atom is -0.495 e. The van der Waals surface area contributed by atoms with Gasteiger partial charge >= 0.3 is 0 Å². The van der Waals surface area contributed by atoms with Gasteiger partial charge in [0.25, 0.3) is 0 Å². The first-order valence-electron chi connectivity index (χ1n) is 5.34. The second-order valence-corrected chi connectivity index (χ2v) is 5.45. The molecule has 0 saturated heterocycles. The number of nitrogens with zero attached hydrogens (tertiary/aromatic N) is 1. The van der Waals surface area contributed by atoms with E-state index in [4.69, 9.17) is 16.9 Å². The standard InChI is InChI=1S/C12H16N2O3S/c1-4-8-14(5-2)18(15,16)12-7-6-10(13)9-11(12)17-3/h1,6-7,9H,5,8,13H2,2-3H3. The fraction of sp³-hybridized carbons (Fsp3) is 0.333. The van der Waals surface area contributed by atoms with Crippen LogP contribution < -0.4 is 10.5 Å². The lowest BCUT2D eigenvalue weighted by Crippen LogP contribution is -2.31. The van der Waals surface area contributed by atoms with Gasteiger partial charge in [0, 0.05) is 18.3 Å². The molecule has 2 N–H and O–H groups in total. The molecule has 0 aliphatic rings. The van der Waals surface area contributed by atoms with Crippen LogP contribution >= 0.6 is 0 Å². The summed E-state index contributed by atoms with van der Waals surface area (Å²) in [5.41, 5.74) is 6.03. The van der Waals surface area contributed by atoms with Crippen LogP contribution in [0.2, 0.25) is 0 Å². The summed E-state index contributed by atoms with van der Waals surface area (Å²) in [6.45, 7) is 2.03. The van der Waals surface area contributed by atoms with Gasteiger partial charge in [-0.25, -0.2) is 8.42 Å². The number of sulfonamides is 1. The van der Waals surface area contributed by atoms with Gasteiger partial charge in [-0.05, 0) is 12.1 Å². The minimum atomic E-state index is -3.66. The Morgan fingerprint density at radius 1 is 1.50 bits per heavy atom. The van der Waals surface area contributed by atoms with Crippen molar-refractivity contribution in [3.63, 3.8) is 0 Å². The van der Waals surface area contributed by atoms with Crippen LogP contribution in [-0.4, -0.2) is 32.9 Å². The van der Waals surface area contributed by atoms with Crippen LogP contribution in [0.5, 0.6) is 5.75 Å². The average Bonchev–Trinajstić information content (AvgIpc) is 2.35. The van der Waals surface area contributed by atoms with Crippen molar-refractivity contribution in [1.82, 2.24) is 4.31 Å². The highest BCUT2D eigenvalue weighted by Gasteiger charge is 2.25. The van der Waals surface area contributed by atoms with Crippen LogP contribution in [0.1, 0.15) is 6.92 Å². The van der Waals surface area contributed by atoms with E-state index in [1.807, 2.05) is 0 Å². The summed E-state index contributed by atoms with van der Waals surface area (Å²) in [4.78, 5) is 0.0660. The molecule has 1 aromatic rings. The van der Waals surface area contributed by atoms with Gasteiger partial charge in [-0.2, -0.15) is 4.31 Å². The van der Waals surface area contributed by atoms with E-state index in [0.717, 1.165) is 0 Å². The van der Waals surface area contributed by atoms with Gasteiger partial charge < -0.3 is 10.5 Å². The molecule has 0 radical (unpaired) electrons. The molecular formula is C12H16N2O3S. The Kier molecular flexibility index (Phi) is 4.59. The number of nitrogen functional groups attached to an aromatic ring is 1. The first kappa shape index (κ1) is 14.4. The third kappa shape index (κ3) is 2.75. The first-order chi connectivity index (χ1) is 8.47. The van der Waals surface area contributed by atoms with Crippen molar-refractivity contribution in [1.29, 1.82) is 0 Å². The molecule has 0 bridgehead atoms. The summed E-state index contributed by atoms with van der Waals surface area (Å²) < 4.78 is 31.0. The summed E-state index contributed by atoms with van der Waals surface area (Å²) in [5.74, 6) is 2.54. The van der Waals surface area contributed by atoms with Crippen molar-refractivity contribution in [3.8, 4) is 18.1 Å². The number of hydrogen-bond acceptors (Lipinski definition) is 4. The van der Waals surface area contributed by atoms with E-state index in [9.17, 15) is 8.42 Å². The molecule has 0 heterocycles. The number of benzene rings is 1. The molecule has 6 heteroatoms. The molecule has 0 atom stereocenters. The molecule has 0 spiro atoms. The molecule has 0 unspecified atom stereocenters. The minimum absolute atomic E-state index is 0.0202. The highest BCUT2D eigenvalue weighted by molar-refractivity contribution is 7.89. The zero-order valence-electron chi connectivity index (χ0n) is 10.4. The molecule has 98 valence electrons. The van der Waals surface area contributed by atoms with E-state index in [1.54, 1.807) is 6.92 Å². The number of ether oxygens (including phenoxy) is 1. The number of anilines is 1. The highest BCUT2D eigenvalue weighted by Crippen LogP contribution is 2.28. The summed E-state index contributed by atoms with van der Waals surface area (Å²) >= 11 is 0. The Bertz CT molecular complexity index is 561. The largest absolute Gasteiger partial charge is 0.495 e. The predicted octanol–water partition coefficient (Wildman–Crippen LogP) is 0.921. The van der Waals surface area contributed by atoms with Gasteiger partial charge in [0.15, 0.2) is 0 Å². The first-order valence-corrected chi connectivity index (χ1v) is 6.78. The Morgan fingerprint density at radius 3 is 2.67 bits per heavy atom. The molecule has 0 aromatic heterocycles. The Labute approximate surface area is 108 Å². The van der Waals surface area contributed by atoms with E-state index in [-0.39, 0.29) is 17.2 Å². The van der Waals surface area contributed by atoms with E-state index in [2.05, 4.69) is 5.92 Å². The van der Waals surface area contributed by atoms with Gasteiger partial charge in [-0.3, -0.25) is 0 Å². The van der Waals surface area contributed by atoms with Crippen LogP contribution in [0.25, 0.3) is 0 Å². The molecule has 1 aromatic carbocycles. The molecule has 0 saturated carbocycles. The zero-order valence-corrected chi connectivity index (χ0v) is 11.2. The third-order valence-electron chi connectivity index (χ3n) is 2.43. The number of methoxy groups -OCH3 is 1. The summed E-state index contributed by atoms with van der Waals surface area (Å²) in [5, 5.41) is 0. The van der Waals surface area contributed by atoms with Crippen molar-refractivity contribution in [3.05, 3.63) is 18.2 Å². The van der Waals surface area contributed by atoms with E-state index in [0.29, 0.717) is 12.2 Å². The van der Waals surface area contributed by atoms with Crippen LogP contribution in [0.4, 0.5) is 5.69 Å². The number of rotatable bonds is 5. The van der Waals surface area contributed by atoms with Crippen LogP contribution in [0.15, 0.2) is 23.1 Å². The number of hydrogen-bond donors (Lipinski definition) is 1. The fourth-order valence-electron chi connectivity index (χ4n) is 1.50. The van der Waals surface area contributed by atoms with Gasteiger partial charge in [0.2, 0.25) is 10.0 Å². The number of nitrogens with two attached hydrogens (primary N) is 1. The molecule has 5 nitrogen and oxygen atoms in total. The second kappa shape index (κ2) is 5.76. The summed E-state index contributed by atoms with van der Waals surface area (Å²) in [6.07, 6.45) is 5.17. The SMILES string of the molecule is C#CCN(CC)S(=O)(=O)c1ccc(N)cc1OC. The van der Waals surface area contributed by atoms with Crippen molar-refractivity contribution >= 4 is 15.7 Å². The van der Waals surface area contributed by atoms with Gasteiger partial charge in [0.1, 0.15) is 10.6 Å². The second-order valence-electron chi connectivity index (χ2n) is 3.55. The third-order valence-corrected chi connectivity index (χ3v) is 4.39. The van der Waals surface area contributed by atoms with Crippen molar-refractivity contribution in [2.45, 2.75) is 11.8 Å². The van der Waals surface area contributed by atoms with E-state index < -0.39 is 10.0 Å². The molecule has 0 amide bonds. The van der Waals surface area contributed by atoms with Crippen LogP contribution in [0.3, 0.4) is 0 Å². The van der Waals surface area contributed by atoms with Gasteiger partial charge in [-0.1, -0.05) is 12.8 Å². The van der Waals surface area contributed by atoms with Crippen molar-refractivity contribution < 1.29 is 13.2 Å². The lowest BCUT2D eigenvalue weighted by Gasteiger charge is -2.19.